The fourth-order valence-electron chi connectivity index (χ4n) is 4.32. The van der Waals surface area contributed by atoms with Crippen LogP contribution in [0.3, 0.4) is 0 Å². The first-order chi connectivity index (χ1) is 11.2. The predicted molar refractivity (Wildman–Crippen MR) is 93.5 cm³/mol. The Hall–Kier alpha value is -1.93. The van der Waals surface area contributed by atoms with Gasteiger partial charge in [0.25, 0.3) is 0 Å². The lowest BCUT2D eigenvalue weighted by Crippen LogP contribution is -2.42. The van der Waals surface area contributed by atoms with Gasteiger partial charge in [-0.15, -0.1) is 0 Å². The molecule has 2 nitrogen and oxygen atoms in total. The van der Waals surface area contributed by atoms with Gasteiger partial charge in [-0.05, 0) is 43.9 Å². The Kier molecular flexibility index (Phi) is 3.78. The second kappa shape index (κ2) is 5.93. The van der Waals surface area contributed by atoms with Crippen LogP contribution in [0.4, 0.5) is 0 Å². The molecule has 0 aliphatic carbocycles. The van der Waals surface area contributed by atoms with Crippen molar-refractivity contribution in [3.63, 3.8) is 0 Å². The van der Waals surface area contributed by atoms with Gasteiger partial charge in [-0.2, -0.15) is 0 Å². The minimum absolute atomic E-state index is 0.214. The Bertz CT molecular complexity index is 678. The van der Waals surface area contributed by atoms with E-state index in [1.54, 1.807) is 0 Å². The van der Waals surface area contributed by atoms with Crippen LogP contribution in [-0.4, -0.2) is 29.8 Å². The number of hydrogen-bond donors (Lipinski definition) is 0. The summed E-state index contributed by atoms with van der Waals surface area (Å²) in [4.78, 5) is 15.3. The Morgan fingerprint density at radius 1 is 0.870 bits per heavy atom. The van der Waals surface area contributed by atoms with Gasteiger partial charge in [0, 0.05) is 23.6 Å². The molecule has 2 aliphatic heterocycles. The van der Waals surface area contributed by atoms with Gasteiger partial charge >= 0.3 is 0 Å². The first-order valence-corrected chi connectivity index (χ1v) is 8.64. The zero-order valence-electron chi connectivity index (χ0n) is 13.6. The highest BCUT2D eigenvalue weighted by Gasteiger charge is 2.40. The van der Waals surface area contributed by atoms with Crippen molar-refractivity contribution < 1.29 is 4.79 Å². The van der Waals surface area contributed by atoms with Crippen LogP contribution in [0.1, 0.15) is 36.0 Å². The minimum Gasteiger partial charge on any atom is -0.300 e. The van der Waals surface area contributed by atoms with Gasteiger partial charge in [0.15, 0.2) is 5.78 Å². The maximum Gasteiger partial charge on any atom is 0.166 e. The summed E-state index contributed by atoms with van der Waals surface area (Å²) in [5.41, 5.74) is 3.24. The molecule has 0 amide bonds. The van der Waals surface area contributed by atoms with Crippen LogP contribution in [0.2, 0.25) is 0 Å². The highest BCUT2D eigenvalue weighted by Crippen LogP contribution is 2.38. The lowest BCUT2D eigenvalue weighted by molar-refractivity contribution is 0.0767. The molecule has 2 saturated heterocycles. The summed E-state index contributed by atoms with van der Waals surface area (Å²) in [6.07, 6.45) is 4.59. The summed E-state index contributed by atoms with van der Waals surface area (Å²) in [5, 5.41) is 0. The third-order valence-corrected chi connectivity index (χ3v) is 5.75. The quantitative estimate of drug-likeness (QED) is 0.783. The summed E-state index contributed by atoms with van der Waals surface area (Å²) in [6, 6.07) is 19.7. The molecule has 0 saturated carbocycles. The van der Waals surface area contributed by atoms with Crippen LogP contribution in [-0.2, 0) is 0 Å². The number of rotatable bonds is 3. The van der Waals surface area contributed by atoms with E-state index < -0.39 is 0 Å². The number of fused-ring (bicyclic) bond motifs is 2. The van der Waals surface area contributed by atoms with Gasteiger partial charge in [-0.25, -0.2) is 0 Å². The number of piperidine rings is 1. The largest absolute Gasteiger partial charge is 0.300 e. The summed E-state index contributed by atoms with van der Waals surface area (Å²) in [6.45, 7) is 0. The van der Waals surface area contributed by atoms with Crippen LogP contribution in [0.25, 0.3) is 11.1 Å². The van der Waals surface area contributed by atoms with Crippen LogP contribution in [0.5, 0.6) is 0 Å². The Labute approximate surface area is 138 Å². The summed E-state index contributed by atoms with van der Waals surface area (Å²) in [7, 11) is 2.22. The Balaban J connectivity index is 1.51. The number of hydrogen-bond acceptors (Lipinski definition) is 2. The average molecular weight is 305 g/mol. The number of carbonyl (C=O) groups is 1. The maximum atomic E-state index is 12.9. The third-order valence-electron chi connectivity index (χ3n) is 5.75. The van der Waals surface area contributed by atoms with Crippen LogP contribution < -0.4 is 0 Å². The van der Waals surface area contributed by atoms with E-state index in [1.807, 2.05) is 30.3 Å². The van der Waals surface area contributed by atoms with E-state index in [4.69, 9.17) is 0 Å². The summed E-state index contributed by atoms with van der Waals surface area (Å²) >= 11 is 0. The first kappa shape index (κ1) is 14.6. The molecule has 0 spiro atoms. The van der Waals surface area contributed by atoms with Crippen LogP contribution in [0, 0.1) is 5.92 Å². The van der Waals surface area contributed by atoms with Gasteiger partial charge in [-0.3, -0.25) is 4.79 Å². The molecule has 118 valence electrons. The molecule has 0 aromatic heterocycles. The normalized spacial score (nSPS) is 27.1. The molecule has 2 aliphatic rings. The van der Waals surface area contributed by atoms with Crippen LogP contribution in [0.15, 0.2) is 54.6 Å². The van der Waals surface area contributed by atoms with Crippen molar-refractivity contribution in [2.24, 2.45) is 5.92 Å². The molecule has 2 aromatic carbocycles. The van der Waals surface area contributed by atoms with E-state index in [9.17, 15) is 4.79 Å². The van der Waals surface area contributed by atoms with Crippen molar-refractivity contribution in [1.29, 1.82) is 0 Å². The highest BCUT2D eigenvalue weighted by atomic mass is 16.1. The zero-order chi connectivity index (χ0) is 15.8. The third kappa shape index (κ3) is 2.72. The first-order valence-electron chi connectivity index (χ1n) is 8.64. The second-order valence-electron chi connectivity index (χ2n) is 7.03. The molecule has 2 heterocycles. The number of Topliss-reactive ketones (excluding diaryl/α,β-unsaturated/α-hetero) is 1. The molecular weight excluding hydrogens is 282 g/mol. The number of carbonyl (C=O) groups excluding carboxylic acids is 1. The molecule has 2 unspecified atom stereocenters. The van der Waals surface area contributed by atoms with E-state index >= 15 is 0 Å². The topological polar surface area (TPSA) is 20.3 Å². The van der Waals surface area contributed by atoms with E-state index in [2.05, 4.69) is 36.2 Å². The molecule has 0 radical (unpaired) electrons. The van der Waals surface area contributed by atoms with E-state index in [-0.39, 0.29) is 5.92 Å². The molecule has 0 N–H and O–H groups in total. The van der Waals surface area contributed by atoms with Gasteiger partial charge in [0.2, 0.25) is 0 Å². The fourth-order valence-corrected chi connectivity index (χ4v) is 4.32. The molecule has 2 atom stereocenters. The van der Waals surface area contributed by atoms with Crippen molar-refractivity contribution in [3.8, 4) is 11.1 Å². The van der Waals surface area contributed by atoms with Crippen molar-refractivity contribution in [2.75, 3.05) is 7.05 Å². The predicted octanol–water partition coefficient (Wildman–Crippen LogP) is 4.41. The van der Waals surface area contributed by atoms with Gasteiger partial charge < -0.3 is 4.90 Å². The zero-order valence-corrected chi connectivity index (χ0v) is 13.6. The van der Waals surface area contributed by atoms with Gasteiger partial charge in [-0.1, -0.05) is 54.6 Å². The highest BCUT2D eigenvalue weighted by molar-refractivity contribution is 5.98. The number of nitrogens with zero attached hydrogens (tertiary/aromatic N) is 1. The summed E-state index contributed by atoms with van der Waals surface area (Å²) in [5.74, 6) is 0.556. The molecule has 2 heteroatoms. The second-order valence-corrected chi connectivity index (χ2v) is 7.03. The molecule has 23 heavy (non-hydrogen) atoms. The smallest absolute Gasteiger partial charge is 0.166 e. The van der Waals surface area contributed by atoms with Crippen molar-refractivity contribution >= 4 is 5.78 Å². The summed E-state index contributed by atoms with van der Waals surface area (Å²) < 4.78 is 0. The fraction of sp³-hybridized carbons (Fsp3) is 0.381. The molecule has 2 bridgehead atoms. The monoisotopic (exact) mass is 305 g/mol. The van der Waals surface area contributed by atoms with Crippen molar-refractivity contribution in [1.82, 2.24) is 4.90 Å². The van der Waals surface area contributed by atoms with E-state index in [0.29, 0.717) is 17.9 Å². The Morgan fingerprint density at radius 3 is 2.04 bits per heavy atom. The van der Waals surface area contributed by atoms with Crippen LogP contribution >= 0.6 is 0 Å². The van der Waals surface area contributed by atoms with Crippen molar-refractivity contribution in [2.45, 2.75) is 37.8 Å². The molecule has 2 fully saturated rings. The Morgan fingerprint density at radius 2 is 1.43 bits per heavy atom. The molecule has 4 rings (SSSR count). The standard InChI is InChI=1S/C21H23NO/c1-22-19-11-12-20(22)14-18(13-19)21(23)17-9-7-16(8-10-17)15-5-3-2-4-6-15/h2-10,18-20H,11-14H2,1H3. The average Bonchev–Trinajstić information content (AvgIpc) is 2.83. The minimum atomic E-state index is 0.214. The molecule has 2 aromatic rings. The number of ketones is 1. The molecular formula is C21H23NO. The van der Waals surface area contributed by atoms with E-state index in [0.717, 1.165) is 18.4 Å². The lowest BCUT2D eigenvalue weighted by atomic mass is 9.85. The van der Waals surface area contributed by atoms with Gasteiger partial charge in [0.1, 0.15) is 0 Å². The lowest BCUT2D eigenvalue weighted by Gasteiger charge is -2.35. The van der Waals surface area contributed by atoms with Gasteiger partial charge in [0.05, 0.1) is 0 Å². The number of benzene rings is 2. The van der Waals surface area contributed by atoms with Crippen molar-refractivity contribution in [3.05, 3.63) is 60.2 Å². The van der Waals surface area contributed by atoms with E-state index in [1.165, 1.54) is 24.0 Å². The SMILES string of the molecule is CN1C2CCC1CC(C(=O)c1ccc(-c3ccccc3)cc1)C2. The maximum absolute atomic E-state index is 12.9.